The van der Waals surface area contributed by atoms with E-state index in [4.69, 9.17) is 9.47 Å². The number of carboxylic acid groups (broad SMARTS) is 1. The average Bonchev–Trinajstić information content (AvgIpc) is 2.66. The Kier molecular flexibility index (Phi) is 16.3. The molecule has 0 radical (unpaired) electrons. The van der Waals surface area contributed by atoms with E-state index >= 15 is 0 Å². The van der Waals surface area contributed by atoms with Crippen LogP contribution in [0.2, 0.25) is 0 Å². The van der Waals surface area contributed by atoms with Crippen LogP contribution in [0.3, 0.4) is 0 Å². The molecule has 0 heterocycles. The molecule has 0 aromatic heterocycles. The van der Waals surface area contributed by atoms with Gasteiger partial charge >= 0.3 is 17.9 Å². The first-order valence-corrected chi connectivity index (χ1v) is 11.1. The van der Waals surface area contributed by atoms with Crippen LogP contribution in [0.4, 0.5) is 0 Å². The lowest BCUT2D eigenvalue weighted by Crippen LogP contribution is -2.43. The van der Waals surface area contributed by atoms with E-state index in [0.29, 0.717) is 12.8 Å². The third kappa shape index (κ3) is 14.9. The van der Waals surface area contributed by atoms with Crippen molar-refractivity contribution < 1.29 is 34.1 Å². The first kappa shape index (κ1) is 27.4. The van der Waals surface area contributed by atoms with E-state index in [2.05, 4.69) is 13.8 Å². The summed E-state index contributed by atoms with van der Waals surface area (Å²) in [6.07, 6.45) is 10.8. The summed E-state index contributed by atoms with van der Waals surface area (Å²) in [6, 6.07) is 0. The fraction of sp³-hybridized carbons (Fsp3) is 0.864. The first-order chi connectivity index (χ1) is 13.9. The van der Waals surface area contributed by atoms with Crippen LogP contribution in [0.5, 0.6) is 0 Å². The molecule has 0 amide bonds. The Morgan fingerprint density at radius 1 is 0.655 bits per heavy atom. The minimum atomic E-state index is -2.50. The van der Waals surface area contributed by atoms with Crippen molar-refractivity contribution in [3.8, 4) is 0 Å². The number of hydrogen-bond acceptors (Lipinski definition) is 6. The SMILES string of the molecule is CCCCCCCCOC(=O)CC(O)(CC(=O)OCCCCCCCC)C(=O)O. The zero-order chi connectivity index (χ0) is 22.0. The van der Waals surface area contributed by atoms with Crippen LogP contribution in [0.15, 0.2) is 0 Å². The van der Waals surface area contributed by atoms with Gasteiger partial charge in [-0.05, 0) is 12.8 Å². The lowest BCUT2D eigenvalue weighted by atomic mass is 9.96. The molecule has 0 spiro atoms. The topological polar surface area (TPSA) is 110 Å². The van der Waals surface area contributed by atoms with Gasteiger partial charge < -0.3 is 19.7 Å². The van der Waals surface area contributed by atoms with Gasteiger partial charge in [0.15, 0.2) is 5.60 Å². The molecular formula is C22H40O7. The summed E-state index contributed by atoms with van der Waals surface area (Å²) in [5.74, 6) is -3.29. The molecule has 2 N–H and O–H groups in total. The maximum Gasteiger partial charge on any atom is 0.336 e. The van der Waals surface area contributed by atoms with Crippen molar-refractivity contribution in [1.82, 2.24) is 0 Å². The van der Waals surface area contributed by atoms with Gasteiger partial charge in [0.05, 0.1) is 26.1 Å². The predicted molar refractivity (Wildman–Crippen MR) is 110 cm³/mol. The third-order valence-electron chi connectivity index (χ3n) is 4.79. The van der Waals surface area contributed by atoms with Crippen LogP contribution in [0.1, 0.15) is 104 Å². The summed E-state index contributed by atoms with van der Waals surface area (Å²) in [7, 11) is 0. The van der Waals surface area contributed by atoms with Crippen LogP contribution in [0, 0.1) is 0 Å². The molecular weight excluding hydrogens is 376 g/mol. The Hall–Kier alpha value is -1.63. The predicted octanol–water partition coefficient (Wildman–Crippen LogP) is 4.39. The minimum absolute atomic E-state index is 0.184. The summed E-state index contributed by atoms with van der Waals surface area (Å²) in [4.78, 5) is 35.1. The quantitative estimate of drug-likeness (QED) is 0.237. The van der Waals surface area contributed by atoms with E-state index in [0.717, 1.165) is 51.4 Å². The molecule has 0 saturated carbocycles. The summed E-state index contributed by atoms with van der Waals surface area (Å²) in [6.45, 7) is 4.64. The molecule has 0 aromatic carbocycles. The smallest absolute Gasteiger partial charge is 0.336 e. The lowest BCUT2D eigenvalue weighted by Gasteiger charge is -2.21. The van der Waals surface area contributed by atoms with Crippen molar-refractivity contribution in [2.75, 3.05) is 13.2 Å². The number of rotatable bonds is 19. The molecule has 0 fully saturated rings. The number of ether oxygens (including phenoxy) is 2. The number of esters is 2. The molecule has 29 heavy (non-hydrogen) atoms. The largest absolute Gasteiger partial charge is 0.479 e. The van der Waals surface area contributed by atoms with Gasteiger partial charge in [0, 0.05) is 0 Å². The highest BCUT2D eigenvalue weighted by Gasteiger charge is 2.41. The minimum Gasteiger partial charge on any atom is -0.479 e. The van der Waals surface area contributed by atoms with Crippen LogP contribution >= 0.6 is 0 Å². The van der Waals surface area contributed by atoms with Gasteiger partial charge in [0.1, 0.15) is 0 Å². The highest BCUT2D eigenvalue weighted by molar-refractivity contribution is 5.88. The summed E-state index contributed by atoms with van der Waals surface area (Å²) in [5.41, 5.74) is -2.50. The molecule has 0 aliphatic carbocycles. The van der Waals surface area contributed by atoms with Gasteiger partial charge in [-0.25, -0.2) is 4.79 Å². The number of hydrogen-bond donors (Lipinski definition) is 2. The third-order valence-corrected chi connectivity index (χ3v) is 4.79. The number of aliphatic hydroxyl groups is 1. The molecule has 170 valence electrons. The zero-order valence-corrected chi connectivity index (χ0v) is 18.2. The maximum absolute atomic E-state index is 11.9. The highest BCUT2D eigenvalue weighted by Crippen LogP contribution is 2.18. The Morgan fingerprint density at radius 2 is 1.00 bits per heavy atom. The van der Waals surface area contributed by atoms with E-state index in [9.17, 15) is 24.6 Å². The molecule has 0 saturated heterocycles. The van der Waals surface area contributed by atoms with Gasteiger partial charge in [-0.3, -0.25) is 9.59 Å². The Bertz CT molecular complexity index is 430. The van der Waals surface area contributed by atoms with Crippen LogP contribution in [-0.2, 0) is 23.9 Å². The second kappa shape index (κ2) is 17.2. The van der Waals surface area contributed by atoms with Crippen LogP contribution < -0.4 is 0 Å². The van der Waals surface area contributed by atoms with Crippen LogP contribution in [0.25, 0.3) is 0 Å². The van der Waals surface area contributed by atoms with Crippen molar-refractivity contribution in [2.24, 2.45) is 0 Å². The van der Waals surface area contributed by atoms with E-state index in [-0.39, 0.29) is 13.2 Å². The second-order valence-electron chi connectivity index (χ2n) is 7.67. The van der Waals surface area contributed by atoms with Crippen molar-refractivity contribution in [3.63, 3.8) is 0 Å². The standard InChI is InChI=1S/C22H40O7/c1-3-5-7-9-11-13-15-28-19(23)17-22(27,21(25)26)18-20(24)29-16-14-12-10-8-6-4-2/h27H,3-18H2,1-2H3,(H,25,26). The van der Waals surface area contributed by atoms with Gasteiger partial charge in [0.2, 0.25) is 0 Å². The highest BCUT2D eigenvalue weighted by atomic mass is 16.5. The van der Waals surface area contributed by atoms with E-state index in [1.165, 1.54) is 12.8 Å². The first-order valence-electron chi connectivity index (χ1n) is 11.1. The summed E-state index contributed by atoms with van der Waals surface area (Å²) >= 11 is 0. The molecule has 7 nitrogen and oxygen atoms in total. The molecule has 0 aliphatic heterocycles. The molecule has 0 atom stereocenters. The van der Waals surface area contributed by atoms with Gasteiger partial charge in [-0.15, -0.1) is 0 Å². The number of carbonyl (C=O) groups excluding carboxylic acids is 2. The van der Waals surface area contributed by atoms with E-state index in [1.54, 1.807) is 0 Å². The molecule has 0 bridgehead atoms. The van der Waals surface area contributed by atoms with Gasteiger partial charge in [0.25, 0.3) is 0 Å². The van der Waals surface area contributed by atoms with Crippen molar-refractivity contribution in [3.05, 3.63) is 0 Å². The normalized spacial score (nSPS) is 11.3. The fourth-order valence-electron chi connectivity index (χ4n) is 2.93. The zero-order valence-electron chi connectivity index (χ0n) is 18.2. The Labute approximate surface area is 175 Å². The van der Waals surface area contributed by atoms with E-state index in [1.807, 2.05) is 0 Å². The molecule has 7 heteroatoms. The number of carboxylic acids is 1. The monoisotopic (exact) mass is 416 g/mol. The Morgan fingerprint density at radius 3 is 1.34 bits per heavy atom. The van der Waals surface area contributed by atoms with Gasteiger partial charge in [-0.2, -0.15) is 0 Å². The second-order valence-corrected chi connectivity index (χ2v) is 7.67. The number of unbranched alkanes of at least 4 members (excludes halogenated alkanes) is 10. The average molecular weight is 417 g/mol. The lowest BCUT2D eigenvalue weighted by molar-refractivity contribution is -0.173. The van der Waals surface area contributed by atoms with Crippen molar-refractivity contribution >= 4 is 17.9 Å². The molecule has 0 unspecified atom stereocenters. The molecule has 0 aliphatic rings. The molecule has 0 rings (SSSR count). The van der Waals surface area contributed by atoms with E-state index < -0.39 is 36.4 Å². The van der Waals surface area contributed by atoms with Crippen LogP contribution in [-0.4, -0.2) is 46.9 Å². The van der Waals surface area contributed by atoms with Gasteiger partial charge in [-0.1, -0.05) is 78.1 Å². The van der Waals surface area contributed by atoms with Crippen molar-refractivity contribution in [1.29, 1.82) is 0 Å². The fourth-order valence-corrected chi connectivity index (χ4v) is 2.93. The maximum atomic E-state index is 11.9. The Balaban J connectivity index is 4.12. The molecule has 0 aromatic rings. The number of aliphatic carboxylic acids is 1. The summed E-state index contributed by atoms with van der Waals surface area (Å²) in [5, 5.41) is 19.5. The van der Waals surface area contributed by atoms with Crippen molar-refractivity contribution in [2.45, 2.75) is 109 Å². The summed E-state index contributed by atoms with van der Waals surface area (Å²) < 4.78 is 10.0. The number of carbonyl (C=O) groups is 3.